The molecule has 1 aromatic heterocycles. The average Bonchev–Trinajstić information content (AvgIpc) is 2.73. The lowest BCUT2D eigenvalue weighted by molar-refractivity contribution is -0.117. The standard InChI is InChI=1S/C23H30ClN5O2/c1-14(2)12-15(3)28-13-19-20(10-11-21(26-19)27-22(30)16(4)25-5)29(23(28)31)18-8-6-17(24)7-9-18/h6-11,14-16,25H,12-13H2,1-5H3,(H,26,27,30). The van der Waals surface area contributed by atoms with Crippen molar-refractivity contribution in [2.24, 2.45) is 5.92 Å². The first-order valence-electron chi connectivity index (χ1n) is 10.6. The van der Waals surface area contributed by atoms with Gasteiger partial charge in [-0.2, -0.15) is 0 Å². The number of hydrogen-bond acceptors (Lipinski definition) is 4. The van der Waals surface area contributed by atoms with Crippen LogP contribution in [0.25, 0.3) is 0 Å². The van der Waals surface area contributed by atoms with E-state index in [9.17, 15) is 9.59 Å². The number of likely N-dealkylation sites (N-methyl/N-ethyl adjacent to an activating group) is 1. The van der Waals surface area contributed by atoms with E-state index < -0.39 is 0 Å². The zero-order chi connectivity index (χ0) is 22.7. The highest BCUT2D eigenvalue weighted by Crippen LogP contribution is 2.36. The van der Waals surface area contributed by atoms with E-state index in [0.29, 0.717) is 29.0 Å². The van der Waals surface area contributed by atoms with Gasteiger partial charge in [-0.15, -0.1) is 0 Å². The Balaban J connectivity index is 2.00. The number of halogens is 1. The predicted molar refractivity (Wildman–Crippen MR) is 125 cm³/mol. The van der Waals surface area contributed by atoms with E-state index >= 15 is 0 Å². The van der Waals surface area contributed by atoms with Crippen molar-refractivity contribution in [2.45, 2.75) is 52.7 Å². The van der Waals surface area contributed by atoms with Crippen molar-refractivity contribution < 1.29 is 9.59 Å². The quantitative estimate of drug-likeness (QED) is 0.644. The molecule has 8 heteroatoms. The van der Waals surface area contributed by atoms with Crippen molar-refractivity contribution in [3.63, 3.8) is 0 Å². The van der Waals surface area contributed by atoms with Gasteiger partial charge in [0.25, 0.3) is 0 Å². The number of nitrogens with zero attached hydrogens (tertiary/aromatic N) is 3. The van der Waals surface area contributed by atoms with Crippen LogP contribution in [0.1, 0.15) is 39.8 Å². The second-order valence-electron chi connectivity index (χ2n) is 8.36. The Labute approximate surface area is 188 Å². The molecule has 0 bridgehead atoms. The first kappa shape index (κ1) is 23.0. The molecule has 0 aliphatic carbocycles. The molecule has 7 nitrogen and oxygen atoms in total. The number of carbonyl (C=O) groups excluding carboxylic acids is 2. The number of carbonyl (C=O) groups is 2. The van der Waals surface area contributed by atoms with Crippen LogP contribution >= 0.6 is 11.6 Å². The van der Waals surface area contributed by atoms with Gasteiger partial charge in [-0.3, -0.25) is 9.69 Å². The number of fused-ring (bicyclic) bond motifs is 1. The minimum absolute atomic E-state index is 0.0415. The maximum Gasteiger partial charge on any atom is 0.329 e. The Bertz CT molecular complexity index is 947. The predicted octanol–water partition coefficient (Wildman–Crippen LogP) is 4.79. The van der Waals surface area contributed by atoms with Crippen molar-refractivity contribution in [1.29, 1.82) is 0 Å². The zero-order valence-electron chi connectivity index (χ0n) is 18.6. The van der Waals surface area contributed by atoms with Crippen LogP contribution < -0.4 is 15.5 Å². The van der Waals surface area contributed by atoms with Gasteiger partial charge in [0, 0.05) is 11.1 Å². The molecule has 2 atom stereocenters. The molecule has 0 fully saturated rings. The van der Waals surface area contributed by atoms with E-state index in [4.69, 9.17) is 11.6 Å². The molecule has 1 aliphatic rings. The van der Waals surface area contributed by atoms with Gasteiger partial charge >= 0.3 is 6.03 Å². The monoisotopic (exact) mass is 443 g/mol. The number of anilines is 3. The van der Waals surface area contributed by atoms with Crippen molar-refractivity contribution in [1.82, 2.24) is 15.2 Å². The summed E-state index contributed by atoms with van der Waals surface area (Å²) in [6, 6.07) is 10.3. The zero-order valence-corrected chi connectivity index (χ0v) is 19.4. The third-order valence-electron chi connectivity index (χ3n) is 5.46. The number of nitrogens with one attached hydrogen (secondary N) is 2. The Kier molecular flexibility index (Phi) is 7.18. The van der Waals surface area contributed by atoms with Crippen LogP contribution in [-0.2, 0) is 11.3 Å². The lowest BCUT2D eigenvalue weighted by Crippen LogP contribution is -2.49. The Morgan fingerprint density at radius 2 is 1.81 bits per heavy atom. The van der Waals surface area contributed by atoms with Crippen molar-refractivity contribution in [2.75, 3.05) is 17.3 Å². The summed E-state index contributed by atoms with van der Waals surface area (Å²) in [5.41, 5.74) is 2.17. The molecule has 2 unspecified atom stereocenters. The minimum Gasteiger partial charge on any atom is -0.315 e. The van der Waals surface area contributed by atoms with Gasteiger partial charge < -0.3 is 15.5 Å². The fourth-order valence-electron chi connectivity index (χ4n) is 3.70. The van der Waals surface area contributed by atoms with Gasteiger partial charge in [0.2, 0.25) is 5.91 Å². The molecule has 2 heterocycles. The van der Waals surface area contributed by atoms with Crippen molar-refractivity contribution in [3.05, 3.63) is 47.1 Å². The van der Waals surface area contributed by atoms with E-state index in [2.05, 4.69) is 36.4 Å². The fourth-order valence-corrected chi connectivity index (χ4v) is 3.83. The van der Waals surface area contributed by atoms with Crippen LogP contribution in [0, 0.1) is 5.92 Å². The molecule has 2 aromatic rings. The SMILES string of the molecule is CNC(C)C(=O)Nc1ccc2c(n1)CN(C(C)CC(C)C)C(=O)N2c1ccc(Cl)cc1. The summed E-state index contributed by atoms with van der Waals surface area (Å²) in [6.07, 6.45) is 0.881. The van der Waals surface area contributed by atoms with Crippen LogP contribution in [0.15, 0.2) is 36.4 Å². The third kappa shape index (κ3) is 5.17. The van der Waals surface area contributed by atoms with Gasteiger partial charge in [-0.25, -0.2) is 9.78 Å². The molecule has 3 rings (SSSR count). The second-order valence-corrected chi connectivity index (χ2v) is 8.80. The highest BCUT2D eigenvalue weighted by atomic mass is 35.5. The molecule has 31 heavy (non-hydrogen) atoms. The maximum atomic E-state index is 13.5. The van der Waals surface area contributed by atoms with E-state index in [1.165, 1.54) is 0 Å². The van der Waals surface area contributed by atoms with Crippen LogP contribution in [0.5, 0.6) is 0 Å². The molecule has 3 amide bonds. The molecule has 166 valence electrons. The largest absolute Gasteiger partial charge is 0.329 e. The first-order valence-corrected chi connectivity index (χ1v) is 10.9. The molecular formula is C23H30ClN5O2. The Morgan fingerprint density at radius 1 is 1.13 bits per heavy atom. The summed E-state index contributed by atoms with van der Waals surface area (Å²) in [6.45, 7) is 8.51. The fraction of sp³-hybridized carbons (Fsp3) is 0.435. The summed E-state index contributed by atoms with van der Waals surface area (Å²) in [5.74, 6) is 0.754. The molecule has 1 aromatic carbocycles. The number of pyridine rings is 1. The van der Waals surface area contributed by atoms with E-state index in [1.54, 1.807) is 37.1 Å². The van der Waals surface area contributed by atoms with Gasteiger partial charge in [-0.1, -0.05) is 25.4 Å². The molecule has 2 N–H and O–H groups in total. The van der Waals surface area contributed by atoms with Crippen LogP contribution in [0.2, 0.25) is 5.02 Å². The Morgan fingerprint density at radius 3 is 2.42 bits per heavy atom. The van der Waals surface area contributed by atoms with E-state index in [0.717, 1.165) is 17.8 Å². The molecule has 1 aliphatic heterocycles. The highest BCUT2D eigenvalue weighted by Gasteiger charge is 2.35. The molecule has 0 spiro atoms. The lowest BCUT2D eigenvalue weighted by atomic mass is 10.0. The summed E-state index contributed by atoms with van der Waals surface area (Å²) < 4.78 is 0. The number of rotatable bonds is 7. The highest BCUT2D eigenvalue weighted by molar-refractivity contribution is 6.30. The minimum atomic E-state index is -0.340. The van der Waals surface area contributed by atoms with Crippen molar-refractivity contribution in [3.8, 4) is 0 Å². The summed E-state index contributed by atoms with van der Waals surface area (Å²) in [4.78, 5) is 34.0. The first-order chi connectivity index (χ1) is 14.7. The van der Waals surface area contributed by atoms with Gasteiger partial charge in [0.05, 0.1) is 29.7 Å². The number of urea groups is 1. The van der Waals surface area contributed by atoms with Crippen LogP contribution in [0.3, 0.4) is 0 Å². The van der Waals surface area contributed by atoms with Crippen LogP contribution in [0.4, 0.5) is 22.0 Å². The normalized spacial score (nSPS) is 15.6. The molecule has 0 saturated carbocycles. The smallest absolute Gasteiger partial charge is 0.315 e. The number of benzene rings is 1. The topological polar surface area (TPSA) is 77.6 Å². The number of aromatic nitrogens is 1. The number of amides is 3. The average molecular weight is 444 g/mol. The third-order valence-corrected chi connectivity index (χ3v) is 5.71. The maximum absolute atomic E-state index is 13.5. The summed E-state index contributed by atoms with van der Waals surface area (Å²) >= 11 is 6.06. The van der Waals surface area contributed by atoms with Gasteiger partial charge in [-0.05, 0) is 69.6 Å². The molecule has 0 radical (unpaired) electrons. The molecular weight excluding hydrogens is 414 g/mol. The second kappa shape index (κ2) is 9.66. The lowest BCUT2D eigenvalue weighted by Gasteiger charge is -2.40. The van der Waals surface area contributed by atoms with Gasteiger partial charge in [0.15, 0.2) is 0 Å². The molecule has 0 saturated heterocycles. The summed E-state index contributed by atoms with van der Waals surface area (Å²) in [5, 5.41) is 6.36. The van der Waals surface area contributed by atoms with Crippen molar-refractivity contribution >= 4 is 40.7 Å². The van der Waals surface area contributed by atoms with E-state index in [-0.39, 0.29) is 24.0 Å². The number of hydrogen-bond donors (Lipinski definition) is 2. The summed E-state index contributed by atoms with van der Waals surface area (Å²) in [7, 11) is 1.73. The van der Waals surface area contributed by atoms with Gasteiger partial charge in [0.1, 0.15) is 5.82 Å². The Hall–Kier alpha value is -2.64. The van der Waals surface area contributed by atoms with E-state index in [1.807, 2.05) is 23.1 Å². The van der Waals surface area contributed by atoms with Crippen LogP contribution in [-0.4, -0.2) is 41.0 Å².